The fourth-order valence-electron chi connectivity index (χ4n) is 2.67. The number of carbonyl (C=O) groups excluding carboxylic acids is 1. The summed E-state index contributed by atoms with van der Waals surface area (Å²) in [5, 5.41) is 0. The third-order valence-electron chi connectivity index (χ3n) is 3.87. The lowest BCUT2D eigenvalue weighted by molar-refractivity contribution is -0.113. The van der Waals surface area contributed by atoms with Crippen molar-refractivity contribution >= 4 is 57.0 Å². The maximum absolute atomic E-state index is 12.9. The Balaban J connectivity index is 1.71. The van der Waals surface area contributed by atoms with Crippen LogP contribution in [0.3, 0.4) is 0 Å². The molecule has 0 aliphatic carbocycles. The molecule has 0 N–H and O–H groups in total. The number of hydrogen-bond donors (Lipinski definition) is 0. The second-order valence-corrected chi connectivity index (χ2v) is 7.15. The number of hydrogen-bond acceptors (Lipinski definition) is 6. The maximum atomic E-state index is 12.9. The van der Waals surface area contributed by atoms with Crippen molar-refractivity contribution in [2.45, 2.75) is 0 Å². The molecule has 5 nitrogen and oxygen atoms in total. The van der Waals surface area contributed by atoms with Gasteiger partial charge in [0.15, 0.2) is 4.32 Å². The van der Waals surface area contributed by atoms with Gasteiger partial charge in [-0.3, -0.25) is 14.7 Å². The van der Waals surface area contributed by atoms with Gasteiger partial charge >= 0.3 is 0 Å². The largest absolute Gasteiger partial charge is 0.495 e. The van der Waals surface area contributed by atoms with Gasteiger partial charge in [0.2, 0.25) is 0 Å². The normalized spacial score (nSPS) is 15.9. The Morgan fingerprint density at radius 1 is 1.12 bits per heavy atom. The van der Waals surface area contributed by atoms with Crippen LogP contribution in [0.5, 0.6) is 5.75 Å². The highest BCUT2D eigenvalue weighted by atomic mass is 32.2. The lowest BCUT2D eigenvalue weighted by Gasteiger charge is -2.17. The third-order valence-corrected chi connectivity index (χ3v) is 5.17. The number of methoxy groups -OCH3 is 1. The van der Waals surface area contributed by atoms with Crippen molar-refractivity contribution in [1.29, 1.82) is 0 Å². The van der Waals surface area contributed by atoms with Gasteiger partial charge in [-0.15, -0.1) is 0 Å². The molecule has 7 heteroatoms. The Bertz CT molecular complexity index is 1070. The molecule has 2 aromatic carbocycles. The summed E-state index contributed by atoms with van der Waals surface area (Å²) in [5.41, 5.74) is 2.84. The lowest BCUT2D eigenvalue weighted by Crippen LogP contribution is -2.27. The van der Waals surface area contributed by atoms with E-state index in [1.165, 1.54) is 16.7 Å². The number of thioether (sulfide) groups is 1. The SMILES string of the molecule is COc1ccccc1N1C(=O)/C(=C\c2cnc3ccccc3n2)SC1=S. The summed E-state index contributed by atoms with van der Waals surface area (Å²) in [6, 6.07) is 14.9. The van der Waals surface area contributed by atoms with Crippen molar-refractivity contribution in [2.24, 2.45) is 0 Å². The fourth-order valence-corrected chi connectivity index (χ4v) is 3.93. The van der Waals surface area contributed by atoms with E-state index in [4.69, 9.17) is 17.0 Å². The molecular formula is C19H13N3O2S2. The van der Waals surface area contributed by atoms with Crippen molar-refractivity contribution in [3.63, 3.8) is 0 Å². The first-order valence-electron chi connectivity index (χ1n) is 7.80. The monoisotopic (exact) mass is 379 g/mol. The van der Waals surface area contributed by atoms with Gasteiger partial charge in [0, 0.05) is 0 Å². The van der Waals surface area contributed by atoms with E-state index >= 15 is 0 Å². The molecule has 4 rings (SSSR count). The molecule has 1 aromatic heterocycles. The molecule has 1 fully saturated rings. The number of fused-ring (bicyclic) bond motifs is 1. The van der Waals surface area contributed by atoms with Gasteiger partial charge in [0.1, 0.15) is 5.75 Å². The standard InChI is InChI=1S/C19H13N3O2S2/c1-24-16-9-5-4-8-15(16)22-18(23)17(26-19(22)25)10-12-11-20-13-6-2-3-7-14(13)21-12/h2-11H,1H3/b17-10+. The number of anilines is 1. The van der Waals surface area contributed by atoms with Crippen LogP contribution in [0.1, 0.15) is 5.69 Å². The molecule has 0 atom stereocenters. The molecule has 1 amide bonds. The van der Waals surface area contributed by atoms with E-state index in [9.17, 15) is 4.79 Å². The summed E-state index contributed by atoms with van der Waals surface area (Å²) in [6.07, 6.45) is 3.37. The topological polar surface area (TPSA) is 55.3 Å². The Labute approximate surface area is 159 Å². The molecule has 2 heterocycles. The summed E-state index contributed by atoms with van der Waals surface area (Å²) in [4.78, 5) is 23.8. The quantitative estimate of drug-likeness (QED) is 0.506. The minimum atomic E-state index is -0.195. The van der Waals surface area contributed by atoms with E-state index in [1.54, 1.807) is 25.4 Å². The lowest BCUT2D eigenvalue weighted by atomic mass is 10.2. The predicted octanol–water partition coefficient (Wildman–Crippen LogP) is 4.04. The maximum Gasteiger partial charge on any atom is 0.270 e. The number of thiocarbonyl (C=S) groups is 1. The smallest absolute Gasteiger partial charge is 0.270 e. The highest BCUT2D eigenvalue weighted by molar-refractivity contribution is 8.27. The Morgan fingerprint density at radius 3 is 2.65 bits per heavy atom. The Hall–Kier alpha value is -2.77. The zero-order valence-electron chi connectivity index (χ0n) is 13.7. The van der Waals surface area contributed by atoms with Crippen LogP contribution in [0.25, 0.3) is 17.1 Å². The Morgan fingerprint density at radius 2 is 1.85 bits per heavy atom. The van der Waals surface area contributed by atoms with E-state index in [-0.39, 0.29) is 5.91 Å². The molecule has 26 heavy (non-hydrogen) atoms. The number of aromatic nitrogens is 2. The van der Waals surface area contributed by atoms with Crippen molar-refractivity contribution in [1.82, 2.24) is 9.97 Å². The van der Waals surface area contributed by atoms with Crippen LogP contribution in [-0.2, 0) is 4.79 Å². The molecule has 1 aliphatic rings. The number of benzene rings is 2. The minimum Gasteiger partial charge on any atom is -0.495 e. The van der Waals surface area contributed by atoms with Crippen molar-refractivity contribution in [3.8, 4) is 5.75 Å². The van der Waals surface area contributed by atoms with Crippen LogP contribution in [0.2, 0.25) is 0 Å². The predicted molar refractivity (Wildman–Crippen MR) is 108 cm³/mol. The zero-order valence-corrected chi connectivity index (χ0v) is 15.4. The number of para-hydroxylation sites is 4. The molecule has 0 spiro atoms. The van der Waals surface area contributed by atoms with Gasteiger partial charge in [-0.05, 0) is 30.3 Å². The average Bonchev–Trinajstić information content (AvgIpc) is 2.94. The molecule has 3 aromatic rings. The molecule has 1 aliphatic heterocycles. The molecule has 0 unspecified atom stereocenters. The fraction of sp³-hybridized carbons (Fsp3) is 0.0526. The summed E-state index contributed by atoms with van der Waals surface area (Å²) in [6.45, 7) is 0. The van der Waals surface area contributed by atoms with Gasteiger partial charge in [0.25, 0.3) is 5.91 Å². The van der Waals surface area contributed by atoms with Gasteiger partial charge in [-0.2, -0.15) is 0 Å². The van der Waals surface area contributed by atoms with Crippen LogP contribution >= 0.6 is 24.0 Å². The highest BCUT2D eigenvalue weighted by Crippen LogP contribution is 2.39. The molecule has 1 saturated heterocycles. The zero-order chi connectivity index (χ0) is 18.1. The summed E-state index contributed by atoms with van der Waals surface area (Å²) in [5.74, 6) is 0.398. The van der Waals surface area contributed by atoms with Crippen molar-refractivity contribution in [3.05, 3.63) is 65.3 Å². The number of ether oxygens (including phenoxy) is 1. The number of rotatable bonds is 3. The second kappa shape index (κ2) is 6.86. The van der Waals surface area contributed by atoms with Crippen LogP contribution in [-0.4, -0.2) is 27.3 Å². The van der Waals surface area contributed by atoms with Gasteiger partial charge in [-0.1, -0.05) is 48.2 Å². The van der Waals surface area contributed by atoms with E-state index in [2.05, 4.69) is 9.97 Å². The molecule has 0 saturated carbocycles. The number of carbonyl (C=O) groups is 1. The van der Waals surface area contributed by atoms with Crippen LogP contribution in [0, 0.1) is 0 Å². The summed E-state index contributed by atoms with van der Waals surface area (Å²) < 4.78 is 5.81. The minimum absolute atomic E-state index is 0.195. The number of amides is 1. The first kappa shape index (κ1) is 16.7. The van der Waals surface area contributed by atoms with Crippen LogP contribution < -0.4 is 9.64 Å². The first-order valence-corrected chi connectivity index (χ1v) is 9.02. The average molecular weight is 379 g/mol. The van der Waals surface area contributed by atoms with Gasteiger partial charge < -0.3 is 4.74 Å². The summed E-state index contributed by atoms with van der Waals surface area (Å²) in [7, 11) is 1.57. The van der Waals surface area contributed by atoms with E-state index in [0.717, 1.165) is 11.0 Å². The van der Waals surface area contributed by atoms with E-state index < -0.39 is 0 Å². The molecule has 128 valence electrons. The molecular weight excluding hydrogens is 366 g/mol. The van der Waals surface area contributed by atoms with E-state index in [1.807, 2.05) is 42.5 Å². The first-order chi connectivity index (χ1) is 12.7. The molecule has 0 radical (unpaired) electrons. The van der Waals surface area contributed by atoms with Gasteiger partial charge in [-0.25, -0.2) is 4.98 Å². The summed E-state index contributed by atoms with van der Waals surface area (Å²) >= 11 is 6.65. The molecule has 0 bridgehead atoms. The van der Waals surface area contributed by atoms with Crippen molar-refractivity contribution in [2.75, 3.05) is 12.0 Å². The third kappa shape index (κ3) is 2.95. The van der Waals surface area contributed by atoms with Crippen LogP contribution in [0.15, 0.2) is 59.6 Å². The van der Waals surface area contributed by atoms with Crippen LogP contribution in [0.4, 0.5) is 5.69 Å². The van der Waals surface area contributed by atoms with Gasteiger partial charge in [0.05, 0.1) is 40.6 Å². The second-order valence-electron chi connectivity index (χ2n) is 5.47. The van der Waals surface area contributed by atoms with E-state index in [0.29, 0.717) is 26.4 Å². The van der Waals surface area contributed by atoms with Crippen molar-refractivity contribution < 1.29 is 9.53 Å². The number of nitrogens with zero attached hydrogens (tertiary/aromatic N) is 3. The Kier molecular flexibility index (Phi) is 4.40. The highest BCUT2D eigenvalue weighted by Gasteiger charge is 2.34.